The van der Waals surface area contributed by atoms with E-state index in [-0.39, 0.29) is 5.92 Å². The fourth-order valence-corrected chi connectivity index (χ4v) is 7.24. The Hall–Kier alpha value is -2.14. The van der Waals surface area contributed by atoms with Crippen LogP contribution in [0.3, 0.4) is 0 Å². The maximum atomic E-state index is 14.0. The molecule has 212 valence electrons. The van der Waals surface area contributed by atoms with Gasteiger partial charge in [-0.05, 0) is 38.7 Å². The summed E-state index contributed by atoms with van der Waals surface area (Å²) < 4.78 is 28.5. The molecule has 0 aromatic carbocycles. The minimum absolute atomic E-state index is 0.382. The number of sulfonamides is 1. The van der Waals surface area contributed by atoms with Gasteiger partial charge in [-0.3, -0.25) is 0 Å². The van der Waals surface area contributed by atoms with Crippen LogP contribution in [0.25, 0.3) is 0 Å². The van der Waals surface area contributed by atoms with Crippen LogP contribution in [0.4, 0.5) is 0 Å². The molecule has 0 heterocycles. The average Bonchev–Trinajstić information content (AvgIpc) is 2.90. The molecule has 1 aliphatic carbocycles. The minimum atomic E-state index is -3.63. The van der Waals surface area contributed by atoms with E-state index in [4.69, 9.17) is 10.5 Å². The summed E-state index contributed by atoms with van der Waals surface area (Å²) in [7, 11) is -3.63. The van der Waals surface area contributed by atoms with Gasteiger partial charge in [-0.25, -0.2) is 12.7 Å². The summed E-state index contributed by atoms with van der Waals surface area (Å²) in [5.74, 6) is -0.382. The van der Waals surface area contributed by atoms with Crippen LogP contribution in [-0.2, 0) is 10.0 Å². The van der Waals surface area contributed by atoms with Crippen LogP contribution in [0.1, 0.15) is 129 Å². The lowest BCUT2D eigenvalue weighted by Crippen LogP contribution is -2.50. The maximum absolute atomic E-state index is 14.0. The summed E-state index contributed by atoms with van der Waals surface area (Å²) in [6.07, 6.45) is 23.7. The van der Waals surface area contributed by atoms with Gasteiger partial charge in [-0.1, -0.05) is 96.1 Å². The van der Waals surface area contributed by atoms with E-state index in [1.54, 1.807) is 29.5 Å². The van der Waals surface area contributed by atoms with Crippen molar-refractivity contribution in [2.45, 2.75) is 134 Å². The van der Waals surface area contributed by atoms with Gasteiger partial charge in [-0.15, -0.1) is 0 Å². The summed E-state index contributed by atoms with van der Waals surface area (Å²) in [5, 5.41) is 26.8. The molecule has 0 fully saturated rings. The molecular formula is C31H50N4O2S. The zero-order chi connectivity index (χ0) is 28.1. The molecule has 0 bridgehead atoms. The molecular weight excluding hydrogens is 492 g/mol. The lowest BCUT2D eigenvalue weighted by Gasteiger charge is -2.38. The van der Waals surface area contributed by atoms with Gasteiger partial charge in [-0.2, -0.15) is 15.8 Å². The lowest BCUT2D eigenvalue weighted by molar-refractivity contribution is 0.362. The molecule has 1 rings (SSSR count). The molecule has 0 radical (unpaired) electrons. The predicted molar refractivity (Wildman–Crippen MR) is 155 cm³/mol. The van der Waals surface area contributed by atoms with Crippen LogP contribution >= 0.6 is 0 Å². The lowest BCUT2D eigenvalue weighted by atomic mass is 9.84. The Kier molecular flexibility index (Phi) is 17.7. The molecule has 0 saturated carbocycles. The monoisotopic (exact) mass is 542 g/mol. The fourth-order valence-electron chi connectivity index (χ4n) is 5.12. The van der Waals surface area contributed by atoms with Crippen molar-refractivity contribution < 1.29 is 8.42 Å². The van der Waals surface area contributed by atoms with E-state index in [1.807, 2.05) is 6.92 Å². The van der Waals surface area contributed by atoms with Crippen molar-refractivity contribution in [3.63, 3.8) is 0 Å². The molecule has 38 heavy (non-hydrogen) atoms. The molecule has 7 heteroatoms. The van der Waals surface area contributed by atoms with Gasteiger partial charge in [0.15, 0.2) is 0 Å². The van der Waals surface area contributed by atoms with E-state index in [9.17, 15) is 13.7 Å². The Bertz CT molecular complexity index is 918. The number of nitriles is 3. The van der Waals surface area contributed by atoms with Crippen molar-refractivity contribution in [2.75, 3.05) is 13.1 Å². The molecule has 0 amide bonds. The number of hydrogen-bond donors (Lipinski definition) is 0. The zero-order valence-electron chi connectivity index (χ0n) is 24.0. The highest BCUT2D eigenvalue weighted by Gasteiger charge is 2.47. The highest BCUT2D eigenvalue weighted by atomic mass is 32.2. The van der Waals surface area contributed by atoms with Crippen molar-refractivity contribution in [2.24, 2.45) is 5.92 Å². The summed E-state index contributed by atoms with van der Waals surface area (Å²) in [4.78, 5) is 0. The first-order chi connectivity index (χ1) is 18.3. The molecule has 1 aliphatic rings. The molecule has 2 unspecified atom stereocenters. The summed E-state index contributed by atoms with van der Waals surface area (Å²) >= 11 is 0. The largest absolute Gasteiger partial charge is 0.223 e. The number of hydrogen-bond acceptors (Lipinski definition) is 5. The second-order valence-electron chi connectivity index (χ2n) is 10.9. The first kappa shape index (κ1) is 33.9. The van der Waals surface area contributed by atoms with E-state index in [0.717, 1.165) is 77.0 Å². The highest BCUT2D eigenvalue weighted by Crippen LogP contribution is 2.38. The summed E-state index contributed by atoms with van der Waals surface area (Å²) in [5.41, 5.74) is 0.517. The van der Waals surface area contributed by atoms with Crippen LogP contribution in [-0.4, -0.2) is 30.6 Å². The van der Waals surface area contributed by atoms with Gasteiger partial charge in [0.25, 0.3) is 0 Å². The third-order valence-corrected chi connectivity index (χ3v) is 10.6. The molecule has 0 aliphatic heterocycles. The van der Waals surface area contributed by atoms with Crippen LogP contribution < -0.4 is 0 Å². The predicted octanol–water partition coefficient (Wildman–Crippen LogP) is 8.10. The standard InChI is InChI=1S/C31H50N4O2S/c1-29-30(28-34)22-21-23-31(29,2)38(36,37)35(26-19-15-11-7-3-5-9-13-17-24-32)27-20-16-12-8-4-6-10-14-18-25-33/h21-23,29H,3-20,26-27H2,1-2H3. The molecule has 0 spiro atoms. The quantitative estimate of drug-likeness (QED) is 0.128. The SMILES string of the molecule is CC1C(C#N)=CC=CC1(C)S(=O)(=O)N(CCCCCCCCCCC#N)CCCCCCCCCCC#N. The Morgan fingerprint density at radius 3 is 1.53 bits per heavy atom. The topological polar surface area (TPSA) is 109 Å². The third-order valence-electron chi connectivity index (χ3n) is 7.95. The molecule has 6 nitrogen and oxygen atoms in total. The normalized spacial score (nSPS) is 19.1. The zero-order valence-corrected chi connectivity index (χ0v) is 24.8. The first-order valence-corrected chi connectivity index (χ1v) is 16.3. The molecule has 0 saturated heterocycles. The second-order valence-corrected chi connectivity index (χ2v) is 13.2. The van der Waals surface area contributed by atoms with E-state index in [2.05, 4.69) is 18.2 Å². The van der Waals surface area contributed by atoms with Crippen molar-refractivity contribution in [3.8, 4) is 18.2 Å². The van der Waals surface area contributed by atoms with Gasteiger partial charge < -0.3 is 0 Å². The first-order valence-electron chi connectivity index (χ1n) is 14.9. The van der Waals surface area contributed by atoms with Crippen molar-refractivity contribution in [1.29, 1.82) is 15.8 Å². The number of rotatable bonds is 22. The van der Waals surface area contributed by atoms with Crippen LogP contribution in [0.2, 0.25) is 0 Å². The number of allylic oxidation sites excluding steroid dienone is 3. The summed E-state index contributed by atoms with van der Waals surface area (Å²) in [6, 6.07) is 6.58. The Balaban J connectivity index is 2.59. The number of unbranched alkanes of at least 4 members (excludes halogenated alkanes) is 16. The van der Waals surface area contributed by atoms with Gasteiger partial charge in [0.05, 0.1) is 18.2 Å². The molecule has 0 aromatic heterocycles. The van der Waals surface area contributed by atoms with E-state index >= 15 is 0 Å². The molecule has 0 N–H and O–H groups in total. The second kappa shape index (κ2) is 19.9. The van der Waals surface area contributed by atoms with E-state index in [1.165, 1.54) is 25.7 Å². The van der Waals surface area contributed by atoms with Crippen molar-refractivity contribution in [3.05, 3.63) is 23.8 Å². The van der Waals surface area contributed by atoms with E-state index < -0.39 is 14.8 Å². The number of nitrogens with zero attached hydrogens (tertiary/aromatic N) is 4. The van der Waals surface area contributed by atoms with Crippen molar-refractivity contribution >= 4 is 10.0 Å². The van der Waals surface area contributed by atoms with Crippen LogP contribution in [0.15, 0.2) is 23.8 Å². The fraction of sp³-hybridized carbons (Fsp3) is 0.774. The van der Waals surface area contributed by atoms with Crippen LogP contribution in [0, 0.1) is 39.9 Å². The average molecular weight is 543 g/mol. The highest BCUT2D eigenvalue weighted by molar-refractivity contribution is 7.90. The summed E-state index contributed by atoms with van der Waals surface area (Å²) in [6.45, 7) is 4.68. The Labute approximate surface area is 233 Å². The van der Waals surface area contributed by atoms with Gasteiger partial charge in [0.1, 0.15) is 4.75 Å². The maximum Gasteiger partial charge on any atom is 0.223 e. The molecule has 0 aromatic rings. The Morgan fingerprint density at radius 2 is 1.13 bits per heavy atom. The molecule has 2 atom stereocenters. The smallest absolute Gasteiger partial charge is 0.211 e. The minimum Gasteiger partial charge on any atom is -0.211 e. The van der Waals surface area contributed by atoms with Crippen molar-refractivity contribution in [1.82, 2.24) is 4.31 Å². The third kappa shape index (κ3) is 11.7. The van der Waals surface area contributed by atoms with E-state index in [0.29, 0.717) is 31.5 Å². The van der Waals surface area contributed by atoms with Gasteiger partial charge in [0.2, 0.25) is 10.0 Å². The van der Waals surface area contributed by atoms with Gasteiger partial charge in [0, 0.05) is 37.4 Å². The van der Waals surface area contributed by atoms with Gasteiger partial charge >= 0.3 is 0 Å². The Morgan fingerprint density at radius 1 is 0.737 bits per heavy atom. The van der Waals surface area contributed by atoms with Crippen LogP contribution in [0.5, 0.6) is 0 Å².